The van der Waals surface area contributed by atoms with Crippen LogP contribution in [0.5, 0.6) is 5.75 Å². The molecule has 0 fully saturated rings. The Balaban J connectivity index is 2.79. The second-order valence-electron chi connectivity index (χ2n) is 3.71. The van der Waals surface area contributed by atoms with E-state index in [0.717, 1.165) is 0 Å². The summed E-state index contributed by atoms with van der Waals surface area (Å²) in [5.41, 5.74) is 5.51. The summed E-state index contributed by atoms with van der Waals surface area (Å²) in [5.74, 6) is -0.761. The van der Waals surface area contributed by atoms with Crippen LogP contribution in [0.2, 0.25) is 0 Å². The number of hydrogen-bond donors (Lipinski definition) is 1. The lowest BCUT2D eigenvalue weighted by Gasteiger charge is -2.04. The van der Waals surface area contributed by atoms with Gasteiger partial charge in [-0.05, 0) is 30.7 Å². The lowest BCUT2D eigenvalue weighted by Crippen LogP contribution is -2.19. The lowest BCUT2D eigenvalue weighted by atomic mass is 10.1. The highest BCUT2D eigenvalue weighted by atomic mass is 16.5. The third-order valence-electron chi connectivity index (χ3n) is 2.19. The first-order valence-electron chi connectivity index (χ1n) is 5.87. The highest BCUT2D eigenvalue weighted by molar-refractivity contribution is 5.97. The summed E-state index contributed by atoms with van der Waals surface area (Å²) < 4.78 is 9.84. The third kappa shape index (κ3) is 4.82. The summed E-state index contributed by atoms with van der Waals surface area (Å²) in [7, 11) is 0. The number of nitrogens with two attached hydrogens (primary N) is 1. The second kappa shape index (κ2) is 7.59. The fourth-order valence-electron chi connectivity index (χ4n) is 1.33. The maximum Gasteiger partial charge on any atom is 0.348 e. The Morgan fingerprint density at radius 3 is 2.50 bits per heavy atom. The zero-order valence-electron chi connectivity index (χ0n) is 11.0. The molecule has 6 nitrogen and oxygen atoms in total. The van der Waals surface area contributed by atoms with Gasteiger partial charge in [0, 0.05) is 0 Å². The second-order valence-corrected chi connectivity index (χ2v) is 3.71. The molecule has 20 heavy (non-hydrogen) atoms. The van der Waals surface area contributed by atoms with Gasteiger partial charge < -0.3 is 15.2 Å². The number of hydrogen-bond acceptors (Lipinski definition) is 5. The molecule has 0 spiro atoms. The van der Waals surface area contributed by atoms with E-state index in [9.17, 15) is 9.59 Å². The Hall–Kier alpha value is -2.81. The van der Waals surface area contributed by atoms with Crippen molar-refractivity contribution in [3.8, 4) is 11.8 Å². The molecule has 1 amide bonds. The van der Waals surface area contributed by atoms with Crippen molar-refractivity contribution in [2.75, 3.05) is 13.2 Å². The summed E-state index contributed by atoms with van der Waals surface area (Å²) in [4.78, 5) is 22.0. The van der Waals surface area contributed by atoms with E-state index in [1.165, 1.54) is 6.08 Å². The van der Waals surface area contributed by atoms with E-state index in [2.05, 4.69) is 0 Å². The monoisotopic (exact) mass is 274 g/mol. The summed E-state index contributed by atoms with van der Waals surface area (Å²) in [6.45, 7) is 1.66. The minimum absolute atomic E-state index is 0.0855. The van der Waals surface area contributed by atoms with Crippen molar-refractivity contribution >= 4 is 18.0 Å². The number of rotatable bonds is 6. The average molecular weight is 274 g/mol. The number of carbonyl (C=O) groups excluding carboxylic acids is 2. The molecule has 0 saturated carbocycles. The Morgan fingerprint density at radius 2 is 2.00 bits per heavy atom. The summed E-state index contributed by atoms with van der Waals surface area (Å²) in [6.07, 6.45) is 1.41. The summed E-state index contributed by atoms with van der Waals surface area (Å²) in [6, 6.07) is 8.29. The van der Waals surface area contributed by atoms with Crippen molar-refractivity contribution in [1.29, 1.82) is 5.26 Å². The molecule has 0 saturated heterocycles. The van der Waals surface area contributed by atoms with Gasteiger partial charge in [-0.2, -0.15) is 5.26 Å². The number of nitriles is 1. The molecule has 0 aliphatic heterocycles. The fraction of sp³-hybridized carbons (Fsp3) is 0.214. The van der Waals surface area contributed by atoms with Crippen LogP contribution in [0.4, 0.5) is 0 Å². The van der Waals surface area contributed by atoms with E-state index >= 15 is 0 Å². The lowest BCUT2D eigenvalue weighted by molar-refractivity contribution is -0.137. The first-order valence-corrected chi connectivity index (χ1v) is 5.87. The summed E-state index contributed by atoms with van der Waals surface area (Å²) in [5, 5.41) is 8.89. The maximum atomic E-state index is 11.4. The molecule has 0 unspecified atom stereocenters. The molecule has 104 valence electrons. The van der Waals surface area contributed by atoms with Crippen molar-refractivity contribution in [3.63, 3.8) is 0 Å². The van der Waals surface area contributed by atoms with E-state index < -0.39 is 11.9 Å². The van der Waals surface area contributed by atoms with Gasteiger partial charge in [0.05, 0.1) is 6.61 Å². The first-order chi connectivity index (χ1) is 9.56. The van der Waals surface area contributed by atoms with Crippen LogP contribution >= 0.6 is 0 Å². The number of carbonyl (C=O) groups is 2. The molecule has 2 N–H and O–H groups in total. The van der Waals surface area contributed by atoms with Crippen LogP contribution < -0.4 is 10.5 Å². The largest absolute Gasteiger partial charge is 0.484 e. The van der Waals surface area contributed by atoms with E-state index in [4.69, 9.17) is 20.5 Å². The zero-order chi connectivity index (χ0) is 15.0. The van der Waals surface area contributed by atoms with E-state index in [1.54, 1.807) is 37.3 Å². The predicted octanol–water partition coefficient (Wildman–Crippen LogP) is 1.02. The smallest absolute Gasteiger partial charge is 0.348 e. The van der Waals surface area contributed by atoms with E-state index in [1.807, 2.05) is 0 Å². The van der Waals surface area contributed by atoms with Gasteiger partial charge in [-0.15, -0.1) is 0 Å². The van der Waals surface area contributed by atoms with Gasteiger partial charge in [-0.1, -0.05) is 12.1 Å². The van der Waals surface area contributed by atoms with Gasteiger partial charge in [0.15, 0.2) is 6.61 Å². The molecule has 0 bridgehead atoms. The average Bonchev–Trinajstić information content (AvgIpc) is 2.44. The molecule has 1 rings (SSSR count). The topological polar surface area (TPSA) is 102 Å². The highest BCUT2D eigenvalue weighted by Gasteiger charge is 2.09. The Kier molecular flexibility index (Phi) is 5.78. The van der Waals surface area contributed by atoms with Crippen LogP contribution in [0.15, 0.2) is 29.8 Å². The van der Waals surface area contributed by atoms with Crippen molar-refractivity contribution in [1.82, 2.24) is 0 Å². The maximum absolute atomic E-state index is 11.4. The van der Waals surface area contributed by atoms with Gasteiger partial charge in [0.2, 0.25) is 0 Å². The molecule has 1 aromatic rings. The quantitative estimate of drug-likeness (QED) is 0.474. The number of primary amides is 1. The van der Waals surface area contributed by atoms with Crippen LogP contribution in [0.3, 0.4) is 0 Å². The van der Waals surface area contributed by atoms with Crippen molar-refractivity contribution < 1.29 is 19.1 Å². The van der Waals surface area contributed by atoms with Gasteiger partial charge in [-0.25, -0.2) is 4.79 Å². The minimum Gasteiger partial charge on any atom is -0.484 e. The van der Waals surface area contributed by atoms with Crippen LogP contribution in [0.1, 0.15) is 12.5 Å². The fourth-order valence-corrected chi connectivity index (χ4v) is 1.33. The number of ether oxygens (including phenoxy) is 2. The Labute approximate surface area is 116 Å². The number of benzene rings is 1. The Bertz CT molecular complexity index is 556. The number of nitrogens with zero attached hydrogens (tertiary/aromatic N) is 1. The van der Waals surface area contributed by atoms with Gasteiger partial charge in [0.25, 0.3) is 5.91 Å². The standard InChI is InChI=1S/C14H14N2O4/c1-2-19-14(18)11(8-15)7-10-3-5-12(6-4-10)20-9-13(16)17/h3-7H,2,9H2,1H3,(H2,16,17). The van der Waals surface area contributed by atoms with Gasteiger partial charge in [-0.3, -0.25) is 4.79 Å². The van der Waals surface area contributed by atoms with E-state index in [0.29, 0.717) is 11.3 Å². The SMILES string of the molecule is CCOC(=O)C(C#N)=Cc1ccc(OCC(N)=O)cc1. The van der Waals surface area contributed by atoms with Crippen molar-refractivity contribution in [2.24, 2.45) is 5.73 Å². The van der Waals surface area contributed by atoms with Crippen LogP contribution in [-0.2, 0) is 14.3 Å². The predicted molar refractivity (Wildman–Crippen MR) is 71.4 cm³/mol. The molecule has 0 heterocycles. The molecule has 0 aromatic heterocycles. The molecule has 0 aliphatic rings. The number of amides is 1. The molecule has 0 aliphatic carbocycles. The highest BCUT2D eigenvalue weighted by Crippen LogP contribution is 2.14. The minimum atomic E-state index is -0.663. The van der Waals surface area contributed by atoms with Gasteiger partial charge in [0.1, 0.15) is 17.4 Å². The Morgan fingerprint density at radius 1 is 1.35 bits per heavy atom. The van der Waals surface area contributed by atoms with E-state index in [-0.39, 0.29) is 18.8 Å². The normalized spacial score (nSPS) is 10.5. The molecule has 1 aromatic carbocycles. The molecule has 0 atom stereocenters. The van der Waals surface area contributed by atoms with Crippen LogP contribution in [0.25, 0.3) is 6.08 Å². The zero-order valence-corrected chi connectivity index (χ0v) is 11.0. The first kappa shape index (κ1) is 15.2. The molecule has 6 heteroatoms. The van der Waals surface area contributed by atoms with Crippen LogP contribution in [-0.4, -0.2) is 25.1 Å². The van der Waals surface area contributed by atoms with Gasteiger partial charge >= 0.3 is 5.97 Å². The molecular weight excluding hydrogens is 260 g/mol. The van der Waals surface area contributed by atoms with Crippen LogP contribution in [0, 0.1) is 11.3 Å². The third-order valence-corrected chi connectivity index (χ3v) is 2.19. The molecule has 0 radical (unpaired) electrons. The number of esters is 1. The van der Waals surface area contributed by atoms with Crippen molar-refractivity contribution in [3.05, 3.63) is 35.4 Å². The van der Waals surface area contributed by atoms with Crippen molar-refractivity contribution in [2.45, 2.75) is 6.92 Å². The molecular formula is C14H14N2O4. The summed E-state index contributed by atoms with van der Waals surface area (Å²) >= 11 is 0.